The van der Waals surface area contributed by atoms with Gasteiger partial charge in [-0.15, -0.1) is 5.54 Å². The highest BCUT2D eigenvalue weighted by molar-refractivity contribution is 7.92. The molecule has 1 aliphatic carbocycles. The Bertz CT molecular complexity index is 764. The Morgan fingerprint density at radius 2 is 1.96 bits per heavy atom. The molecule has 1 aliphatic rings. The van der Waals surface area contributed by atoms with E-state index in [1.165, 1.54) is 6.26 Å². The number of anilines is 1. The molecular formula is C18H25NO2SSi. The first-order chi connectivity index (χ1) is 10.6. The van der Waals surface area contributed by atoms with E-state index in [0.717, 1.165) is 30.4 Å². The number of hydrogen-bond donors (Lipinski definition) is 1. The predicted octanol–water partition coefficient (Wildman–Crippen LogP) is 4.11. The SMILES string of the molecule is C[Si](C)(C)C#Cc1ccc(NS(C)(=O)=O)cc1C1CC=CCC1. The third-order valence-electron chi connectivity index (χ3n) is 3.64. The van der Waals surface area contributed by atoms with Gasteiger partial charge in [-0.3, -0.25) is 4.72 Å². The third-order valence-corrected chi connectivity index (χ3v) is 5.12. The summed E-state index contributed by atoms with van der Waals surface area (Å²) >= 11 is 0. The molecule has 1 N–H and O–H groups in total. The van der Waals surface area contributed by atoms with Crippen LogP contribution in [0.15, 0.2) is 30.4 Å². The van der Waals surface area contributed by atoms with Gasteiger partial charge in [0.05, 0.1) is 6.26 Å². The molecule has 0 fully saturated rings. The van der Waals surface area contributed by atoms with Crippen molar-refractivity contribution in [2.75, 3.05) is 11.0 Å². The summed E-state index contributed by atoms with van der Waals surface area (Å²) in [6.07, 6.45) is 8.73. The van der Waals surface area contributed by atoms with Crippen LogP contribution in [0.3, 0.4) is 0 Å². The second-order valence-corrected chi connectivity index (χ2v) is 13.7. The van der Waals surface area contributed by atoms with Crippen molar-refractivity contribution in [3.05, 3.63) is 41.5 Å². The number of nitrogens with one attached hydrogen (secondary N) is 1. The van der Waals surface area contributed by atoms with E-state index in [2.05, 4.69) is 48.0 Å². The molecule has 0 heterocycles. The molecule has 3 nitrogen and oxygen atoms in total. The van der Waals surface area contributed by atoms with Gasteiger partial charge in [0.1, 0.15) is 8.07 Å². The predicted molar refractivity (Wildman–Crippen MR) is 101 cm³/mol. The fraction of sp³-hybridized carbons (Fsp3) is 0.444. The summed E-state index contributed by atoms with van der Waals surface area (Å²) in [5, 5.41) is 0. The van der Waals surface area contributed by atoms with Crippen LogP contribution in [-0.2, 0) is 10.0 Å². The summed E-state index contributed by atoms with van der Waals surface area (Å²) in [4.78, 5) is 0. The normalized spacial score (nSPS) is 18.2. The van der Waals surface area contributed by atoms with Crippen molar-refractivity contribution in [1.82, 2.24) is 0 Å². The van der Waals surface area contributed by atoms with E-state index in [1.807, 2.05) is 12.1 Å². The second kappa shape index (κ2) is 6.94. The van der Waals surface area contributed by atoms with Gasteiger partial charge in [0.15, 0.2) is 0 Å². The molecular weight excluding hydrogens is 322 g/mol. The van der Waals surface area contributed by atoms with E-state index in [1.54, 1.807) is 6.07 Å². The summed E-state index contributed by atoms with van der Waals surface area (Å²) in [5.41, 5.74) is 6.23. The fourth-order valence-corrected chi connectivity index (χ4v) is 3.69. The molecule has 0 spiro atoms. The van der Waals surface area contributed by atoms with E-state index in [0.29, 0.717) is 11.6 Å². The molecule has 0 aromatic heterocycles. The zero-order valence-corrected chi connectivity index (χ0v) is 16.1. The highest BCUT2D eigenvalue weighted by atomic mass is 32.2. The summed E-state index contributed by atoms with van der Waals surface area (Å²) in [5.74, 6) is 3.76. The maximum absolute atomic E-state index is 11.5. The van der Waals surface area contributed by atoms with Crippen LogP contribution in [-0.4, -0.2) is 22.7 Å². The molecule has 0 bridgehead atoms. The monoisotopic (exact) mass is 347 g/mol. The van der Waals surface area contributed by atoms with Crippen LogP contribution < -0.4 is 4.72 Å². The largest absolute Gasteiger partial charge is 0.284 e. The molecule has 1 atom stereocenters. The Morgan fingerprint density at radius 3 is 2.52 bits per heavy atom. The third kappa shape index (κ3) is 5.89. The van der Waals surface area contributed by atoms with E-state index in [-0.39, 0.29) is 0 Å². The molecule has 2 rings (SSSR count). The van der Waals surface area contributed by atoms with E-state index in [9.17, 15) is 8.42 Å². The average molecular weight is 348 g/mol. The standard InChI is InChI=1S/C18H25NO2SSi/c1-22(20,21)19-17-11-10-16(12-13-23(2,3)4)18(14-17)15-8-6-5-7-9-15/h5-6,10-11,14-15,19H,7-9H2,1-4H3. The van der Waals surface area contributed by atoms with Crippen molar-refractivity contribution in [1.29, 1.82) is 0 Å². The molecule has 23 heavy (non-hydrogen) atoms. The van der Waals surface area contributed by atoms with Crippen LogP contribution in [0.4, 0.5) is 5.69 Å². The van der Waals surface area contributed by atoms with Gasteiger partial charge >= 0.3 is 0 Å². The topological polar surface area (TPSA) is 46.2 Å². The van der Waals surface area contributed by atoms with Crippen LogP contribution in [0.1, 0.15) is 36.3 Å². The Morgan fingerprint density at radius 1 is 1.22 bits per heavy atom. The second-order valence-electron chi connectivity index (χ2n) is 7.16. The summed E-state index contributed by atoms with van der Waals surface area (Å²) in [6, 6.07) is 5.71. The number of sulfonamides is 1. The maximum Gasteiger partial charge on any atom is 0.229 e. The quantitative estimate of drug-likeness (QED) is 0.508. The Hall–Kier alpha value is -1.51. The van der Waals surface area contributed by atoms with Crippen molar-refractivity contribution in [3.63, 3.8) is 0 Å². The first-order valence-corrected chi connectivity index (χ1v) is 13.3. The number of benzene rings is 1. The van der Waals surface area contributed by atoms with Crippen molar-refractivity contribution >= 4 is 23.8 Å². The average Bonchev–Trinajstić information content (AvgIpc) is 2.44. The molecule has 0 saturated carbocycles. The number of rotatable bonds is 3. The van der Waals surface area contributed by atoms with Crippen LogP contribution in [0.25, 0.3) is 0 Å². The molecule has 0 amide bonds. The lowest BCUT2D eigenvalue weighted by Gasteiger charge is -2.21. The molecule has 1 unspecified atom stereocenters. The molecule has 1 aromatic rings. The van der Waals surface area contributed by atoms with Crippen LogP contribution in [0.2, 0.25) is 19.6 Å². The van der Waals surface area contributed by atoms with Crippen LogP contribution in [0.5, 0.6) is 0 Å². The Balaban J connectivity index is 2.44. The minimum Gasteiger partial charge on any atom is -0.284 e. The van der Waals surface area contributed by atoms with E-state index < -0.39 is 18.1 Å². The summed E-state index contributed by atoms with van der Waals surface area (Å²) in [7, 11) is -4.72. The first-order valence-electron chi connectivity index (χ1n) is 7.94. The molecule has 0 aliphatic heterocycles. The van der Waals surface area contributed by atoms with Gasteiger partial charge in [-0.2, -0.15) is 0 Å². The highest BCUT2D eigenvalue weighted by Gasteiger charge is 2.17. The summed E-state index contributed by atoms with van der Waals surface area (Å²) in [6.45, 7) is 6.67. The molecule has 5 heteroatoms. The van der Waals surface area contributed by atoms with Crippen molar-refractivity contribution in [2.45, 2.75) is 44.8 Å². The zero-order valence-electron chi connectivity index (χ0n) is 14.3. The van der Waals surface area contributed by atoms with Crippen molar-refractivity contribution in [3.8, 4) is 11.5 Å². The Kier molecular flexibility index (Phi) is 5.38. The van der Waals surface area contributed by atoms with Gasteiger partial charge in [0.2, 0.25) is 10.0 Å². The smallest absolute Gasteiger partial charge is 0.229 e. The van der Waals surface area contributed by atoms with E-state index in [4.69, 9.17) is 0 Å². The zero-order chi connectivity index (χ0) is 17.1. The lowest BCUT2D eigenvalue weighted by atomic mass is 9.85. The molecule has 1 aromatic carbocycles. The minimum absolute atomic E-state index is 0.409. The van der Waals surface area contributed by atoms with Gasteiger partial charge in [0.25, 0.3) is 0 Å². The number of hydrogen-bond acceptors (Lipinski definition) is 2. The van der Waals surface area contributed by atoms with Crippen LogP contribution >= 0.6 is 0 Å². The van der Waals surface area contributed by atoms with Gasteiger partial charge in [-0.25, -0.2) is 8.42 Å². The van der Waals surface area contributed by atoms with E-state index >= 15 is 0 Å². The molecule has 0 radical (unpaired) electrons. The Labute approximate surface area is 141 Å². The molecule has 0 saturated heterocycles. The van der Waals surface area contributed by atoms with Gasteiger partial charge < -0.3 is 0 Å². The summed E-state index contributed by atoms with van der Waals surface area (Å²) < 4.78 is 25.5. The first kappa shape index (κ1) is 17.8. The van der Waals surface area contributed by atoms with Crippen molar-refractivity contribution in [2.24, 2.45) is 0 Å². The lowest BCUT2D eigenvalue weighted by Crippen LogP contribution is -2.16. The lowest BCUT2D eigenvalue weighted by molar-refractivity contribution is 0.606. The molecule has 124 valence electrons. The van der Waals surface area contributed by atoms with Gasteiger partial charge in [0, 0.05) is 11.3 Å². The fourth-order valence-electron chi connectivity index (χ4n) is 2.62. The number of allylic oxidation sites excluding steroid dienone is 2. The van der Waals surface area contributed by atoms with Crippen molar-refractivity contribution < 1.29 is 8.42 Å². The van der Waals surface area contributed by atoms with Gasteiger partial charge in [-0.05, 0) is 48.9 Å². The van der Waals surface area contributed by atoms with Crippen LogP contribution in [0, 0.1) is 11.5 Å². The highest BCUT2D eigenvalue weighted by Crippen LogP contribution is 2.33. The maximum atomic E-state index is 11.5. The van der Waals surface area contributed by atoms with Gasteiger partial charge in [-0.1, -0.05) is 37.7 Å². The minimum atomic E-state index is -3.27.